The first-order chi connectivity index (χ1) is 12.1. The van der Waals surface area contributed by atoms with Crippen LogP contribution in [0.1, 0.15) is 35.8 Å². The van der Waals surface area contributed by atoms with Gasteiger partial charge in [0.25, 0.3) is 0 Å². The minimum Gasteiger partial charge on any atom is -0.381 e. The minimum atomic E-state index is 0.337. The van der Waals surface area contributed by atoms with Crippen LogP contribution in [-0.2, 0) is 11.8 Å². The molecule has 0 spiro atoms. The van der Waals surface area contributed by atoms with Gasteiger partial charge in [0.05, 0.1) is 12.4 Å². The van der Waals surface area contributed by atoms with Gasteiger partial charge in [0.15, 0.2) is 11.6 Å². The van der Waals surface area contributed by atoms with Crippen LogP contribution in [0.15, 0.2) is 24.7 Å². The molecule has 0 bridgehead atoms. The highest BCUT2D eigenvalue weighted by molar-refractivity contribution is 5.61. The van der Waals surface area contributed by atoms with Crippen LogP contribution >= 0.6 is 0 Å². The smallest absolute Gasteiger partial charge is 0.165 e. The molecule has 130 valence electrons. The van der Waals surface area contributed by atoms with Crippen molar-refractivity contribution in [1.29, 1.82) is 0 Å². The van der Waals surface area contributed by atoms with E-state index in [1.807, 2.05) is 37.2 Å². The lowest BCUT2D eigenvalue weighted by molar-refractivity contribution is 0.0836. The average Bonchev–Trinajstić information content (AvgIpc) is 3.22. The second-order valence-electron chi connectivity index (χ2n) is 6.60. The fourth-order valence-corrected chi connectivity index (χ4v) is 3.26. The number of pyridine rings is 1. The van der Waals surface area contributed by atoms with Gasteiger partial charge in [0.1, 0.15) is 5.69 Å². The average molecular weight is 338 g/mol. The van der Waals surface area contributed by atoms with E-state index in [0.29, 0.717) is 5.92 Å². The molecule has 4 rings (SSSR count). The Morgan fingerprint density at radius 1 is 1.16 bits per heavy atom. The SMILES string of the molecule is Cc1cc(C)c(-c2nc(C3CCOCC3)nn2-c2cnn(C)c2)cn1. The molecule has 0 aromatic carbocycles. The molecular weight excluding hydrogens is 316 g/mol. The van der Waals surface area contributed by atoms with Crippen molar-refractivity contribution in [3.63, 3.8) is 0 Å². The first kappa shape index (κ1) is 16.0. The summed E-state index contributed by atoms with van der Waals surface area (Å²) in [5.41, 5.74) is 4.05. The van der Waals surface area contributed by atoms with Crippen molar-refractivity contribution in [2.24, 2.45) is 7.05 Å². The number of nitrogens with zero attached hydrogens (tertiary/aromatic N) is 6. The van der Waals surface area contributed by atoms with Crippen LogP contribution in [0.4, 0.5) is 0 Å². The van der Waals surface area contributed by atoms with Gasteiger partial charge in [-0.15, -0.1) is 0 Å². The third-order valence-electron chi connectivity index (χ3n) is 4.63. The van der Waals surface area contributed by atoms with Gasteiger partial charge < -0.3 is 4.74 Å². The summed E-state index contributed by atoms with van der Waals surface area (Å²) in [6, 6.07) is 2.08. The molecule has 1 saturated heterocycles. The van der Waals surface area contributed by atoms with Crippen molar-refractivity contribution in [3.05, 3.63) is 41.7 Å². The molecule has 0 unspecified atom stereocenters. The Labute approximate surface area is 146 Å². The van der Waals surface area contributed by atoms with Gasteiger partial charge >= 0.3 is 0 Å². The fourth-order valence-electron chi connectivity index (χ4n) is 3.26. The molecule has 0 atom stereocenters. The fraction of sp³-hybridized carbons (Fsp3) is 0.444. The molecule has 7 nitrogen and oxygen atoms in total. The highest BCUT2D eigenvalue weighted by atomic mass is 16.5. The molecule has 0 N–H and O–H groups in total. The van der Waals surface area contributed by atoms with Crippen LogP contribution < -0.4 is 0 Å². The Hall–Kier alpha value is -2.54. The summed E-state index contributed by atoms with van der Waals surface area (Å²) in [5, 5.41) is 9.10. The zero-order chi connectivity index (χ0) is 17.4. The van der Waals surface area contributed by atoms with E-state index in [2.05, 4.69) is 23.1 Å². The maximum Gasteiger partial charge on any atom is 0.165 e. The molecule has 0 saturated carbocycles. The van der Waals surface area contributed by atoms with Gasteiger partial charge in [-0.1, -0.05) is 0 Å². The van der Waals surface area contributed by atoms with E-state index in [-0.39, 0.29) is 0 Å². The van der Waals surface area contributed by atoms with E-state index >= 15 is 0 Å². The monoisotopic (exact) mass is 338 g/mol. The van der Waals surface area contributed by atoms with E-state index in [9.17, 15) is 0 Å². The zero-order valence-electron chi connectivity index (χ0n) is 14.8. The lowest BCUT2D eigenvalue weighted by Crippen LogP contribution is -2.15. The molecule has 0 amide bonds. The normalized spacial score (nSPS) is 15.6. The second kappa shape index (κ2) is 6.40. The van der Waals surface area contributed by atoms with Crippen molar-refractivity contribution >= 4 is 0 Å². The van der Waals surface area contributed by atoms with Gasteiger partial charge in [-0.05, 0) is 38.3 Å². The molecule has 1 fully saturated rings. The summed E-state index contributed by atoms with van der Waals surface area (Å²) in [7, 11) is 1.90. The summed E-state index contributed by atoms with van der Waals surface area (Å²) >= 11 is 0. The topological polar surface area (TPSA) is 70.7 Å². The van der Waals surface area contributed by atoms with Crippen molar-refractivity contribution < 1.29 is 4.74 Å². The standard InChI is InChI=1S/C18H22N6O/c1-12-8-13(2)19-10-16(12)18-21-17(14-4-6-25-7-5-14)22-24(18)15-9-20-23(3)11-15/h8-11,14H,4-7H2,1-3H3. The highest BCUT2D eigenvalue weighted by Gasteiger charge is 2.24. The Kier molecular flexibility index (Phi) is 4.09. The molecule has 7 heteroatoms. The van der Waals surface area contributed by atoms with Gasteiger partial charge in [-0.3, -0.25) is 9.67 Å². The van der Waals surface area contributed by atoms with Crippen LogP contribution in [-0.4, -0.2) is 42.7 Å². The molecule has 1 aliphatic heterocycles. The zero-order valence-corrected chi connectivity index (χ0v) is 14.8. The molecule has 25 heavy (non-hydrogen) atoms. The lowest BCUT2D eigenvalue weighted by atomic mass is 10.00. The van der Waals surface area contributed by atoms with E-state index in [0.717, 1.165) is 60.2 Å². The maximum absolute atomic E-state index is 5.48. The quantitative estimate of drug-likeness (QED) is 0.734. The van der Waals surface area contributed by atoms with Crippen LogP contribution in [0.3, 0.4) is 0 Å². The van der Waals surface area contributed by atoms with Crippen LogP contribution in [0.25, 0.3) is 17.1 Å². The van der Waals surface area contributed by atoms with Crippen LogP contribution in [0, 0.1) is 13.8 Å². The number of hydrogen-bond donors (Lipinski definition) is 0. The summed E-state index contributed by atoms with van der Waals surface area (Å²) in [5.74, 6) is 2.03. The maximum atomic E-state index is 5.48. The van der Waals surface area contributed by atoms with Crippen molar-refractivity contribution in [2.75, 3.05) is 13.2 Å². The number of aryl methyl sites for hydroxylation is 3. The Balaban J connectivity index is 1.84. The first-order valence-electron chi connectivity index (χ1n) is 8.59. The first-order valence-corrected chi connectivity index (χ1v) is 8.59. The van der Waals surface area contributed by atoms with Gasteiger partial charge in [0, 0.05) is 43.6 Å². The molecular formula is C18H22N6O. The summed E-state index contributed by atoms with van der Waals surface area (Å²) in [6.07, 6.45) is 7.56. The van der Waals surface area contributed by atoms with Gasteiger partial charge in [-0.25, -0.2) is 9.67 Å². The summed E-state index contributed by atoms with van der Waals surface area (Å²) in [6.45, 7) is 5.62. The Morgan fingerprint density at radius 3 is 2.64 bits per heavy atom. The van der Waals surface area contributed by atoms with E-state index in [4.69, 9.17) is 14.8 Å². The molecule has 0 radical (unpaired) electrons. The second-order valence-corrected chi connectivity index (χ2v) is 6.60. The molecule has 3 aromatic rings. The predicted molar refractivity (Wildman–Crippen MR) is 93.6 cm³/mol. The Bertz CT molecular complexity index is 891. The van der Waals surface area contributed by atoms with Crippen molar-refractivity contribution in [3.8, 4) is 17.1 Å². The largest absolute Gasteiger partial charge is 0.381 e. The number of aromatic nitrogens is 6. The summed E-state index contributed by atoms with van der Waals surface area (Å²) in [4.78, 5) is 9.36. The van der Waals surface area contributed by atoms with E-state index in [1.165, 1.54) is 0 Å². The van der Waals surface area contributed by atoms with Crippen molar-refractivity contribution in [2.45, 2.75) is 32.6 Å². The number of hydrogen-bond acceptors (Lipinski definition) is 5. The molecule has 1 aliphatic rings. The third kappa shape index (κ3) is 3.07. The predicted octanol–water partition coefficient (Wildman–Crippen LogP) is 2.57. The van der Waals surface area contributed by atoms with Gasteiger partial charge in [-0.2, -0.15) is 10.2 Å². The van der Waals surface area contributed by atoms with E-state index < -0.39 is 0 Å². The highest BCUT2D eigenvalue weighted by Crippen LogP contribution is 2.29. The Morgan fingerprint density at radius 2 is 1.96 bits per heavy atom. The minimum absolute atomic E-state index is 0.337. The van der Waals surface area contributed by atoms with E-state index in [1.54, 1.807) is 4.68 Å². The molecule has 4 heterocycles. The lowest BCUT2D eigenvalue weighted by Gasteiger charge is -2.18. The van der Waals surface area contributed by atoms with Crippen molar-refractivity contribution in [1.82, 2.24) is 29.5 Å². The number of rotatable bonds is 3. The number of ether oxygens (including phenoxy) is 1. The molecule has 3 aromatic heterocycles. The molecule has 0 aliphatic carbocycles. The third-order valence-corrected chi connectivity index (χ3v) is 4.63. The van der Waals surface area contributed by atoms with Crippen LogP contribution in [0.2, 0.25) is 0 Å². The summed E-state index contributed by atoms with van der Waals surface area (Å²) < 4.78 is 9.14. The van der Waals surface area contributed by atoms with Crippen LogP contribution in [0.5, 0.6) is 0 Å². The van der Waals surface area contributed by atoms with Gasteiger partial charge in [0.2, 0.25) is 0 Å².